The van der Waals surface area contributed by atoms with Crippen molar-refractivity contribution in [3.63, 3.8) is 0 Å². The first kappa shape index (κ1) is 18.5. The zero-order valence-corrected chi connectivity index (χ0v) is 16.5. The first-order chi connectivity index (χ1) is 13.6. The van der Waals surface area contributed by atoms with E-state index in [1.165, 1.54) is 12.4 Å². The van der Waals surface area contributed by atoms with E-state index in [1.54, 1.807) is 23.0 Å². The molecule has 28 heavy (non-hydrogen) atoms. The Labute approximate surface area is 169 Å². The molecule has 1 saturated heterocycles. The summed E-state index contributed by atoms with van der Waals surface area (Å²) in [5, 5.41) is 6.89. The minimum absolute atomic E-state index is 0.188. The molecule has 1 aliphatic heterocycles. The number of hydrogen-bond acceptors (Lipinski definition) is 5. The van der Waals surface area contributed by atoms with E-state index in [-0.39, 0.29) is 17.5 Å². The second-order valence-corrected chi connectivity index (χ2v) is 7.50. The normalized spacial score (nSPS) is 16.8. The molecule has 1 amide bonds. The Hall–Kier alpha value is -2.81. The van der Waals surface area contributed by atoms with Gasteiger partial charge in [0.15, 0.2) is 5.82 Å². The molecule has 3 aromatic rings. The van der Waals surface area contributed by atoms with Crippen LogP contribution in [0.3, 0.4) is 0 Å². The highest BCUT2D eigenvalue weighted by Crippen LogP contribution is 2.25. The average Bonchev–Trinajstić information content (AvgIpc) is 3.25. The third kappa shape index (κ3) is 4.04. The molecule has 1 N–H and O–H groups in total. The van der Waals surface area contributed by atoms with Crippen molar-refractivity contribution in [1.82, 2.24) is 19.7 Å². The third-order valence-corrected chi connectivity index (χ3v) is 5.18. The fraction of sp³-hybridized carbons (Fsp3) is 0.263. The predicted octanol–water partition coefficient (Wildman–Crippen LogP) is 3.42. The number of aromatic nitrogens is 4. The minimum atomic E-state index is -0.463. The van der Waals surface area contributed by atoms with Gasteiger partial charge in [0.1, 0.15) is 18.0 Å². The van der Waals surface area contributed by atoms with Crippen LogP contribution in [0.15, 0.2) is 53.5 Å². The summed E-state index contributed by atoms with van der Waals surface area (Å²) in [7, 11) is 0. The molecule has 9 heteroatoms. The zero-order chi connectivity index (χ0) is 19.5. The maximum atomic E-state index is 14.0. The van der Waals surface area contributed by atoms with E-state index in [4.69, 9.17) is 0 Å². The Balaban J connectivity index is 1.47. The highest BCUT2D eigenvalue weighted by Gasteiger charge is 2.27. The number of carbonyl (C=O) groups is 1. The van der Waals surface area contributed by atoms with Gasteiger partial charge in [0.2, 0.25) is 5.91 Å². The van der Waals surface area contributed by atoms with E-state index in [1.807, 2.05) is 18.3 Å². The molecule has 1 aromatic carbocycles. The topological polar surface area (TPSA) is 75.9 Å². The molecule has 0 bridgehead atoms. The molecule has 0 radical (unpaired) electrons. The molecule has 0 saturated carbocycles. The van der Waals surface area contributed by atoms with Crippen LogP contribution in [0.4, 0.5) is 15.9 Å². The Bertz CT molecular complexity index is 980. The van der Waals surface area contributed by atoms with Crippen molar-refractivity contribution < 1.29 is 9.18 Å². The maximum Gasteiger partial charge on any atom is 0.229 e. The van der Waals surface area contributed by atoms with Crippen LogP contribution in [0.1, 0.15) is 12.8 Å². The molecular weight excluding hydrogens is 427 g/mol. The third-order valence-electron chi connectivity index (χ3n) is 4.68. The van der Waals surface area contributed by atoms with Crippen molar-refractivity contribution in [3.8, 4) is 5.82 Å². The smallest absolute Gasteiger partial charge is 0.229 e. The monoisotopic (exact) mass is 444 g/mol. The van der Waals surface area contributed by atoms with Gasteiger partial charge in [-0.3, -0.25) is 4.79 Å². The quantitative estimate of drug-likeness (QED) is 0.666. The van der Waals surface area contributed by atoms with Crippen molar-refractivity contribution in [2.24, 2.45) is 5.92 Å². The summed E-state index contributed by atoms with van der Waals surface area (Å²) >= 11 is 3.22. The molecule has 4 rings (SSSR count). The summed E-state index contributed by atoms with van der Waals surface area (Å²) < 4.78 is 16.3. The lowest BCUT2D eigenvalue weighted by Crippen LogP contribution is -2.41. The van der Waals surface area contributed by atoms with Crippen LogP contribution in [0.5, 0.6) is 0 Å². The van der Waals surface area contributed by atoms with Crippen LogP contribution in [-0.2, 0) is 4.79 Å². The van der Waals surface area contributed by atoms with Crippen molar-refractivity contribution in [2.75, 3.05) is 23.3 Å². The number of rotatable bonds is 4. The Morgan fingerprint density at radius 3 is 2.89 bits per heavy atom. The number of benzene rings is 1. The lowest BCUT2D eigenvalue weighted by Gasteiger charge is -2.32. The van der Waals surface area contributed by atoms with Crippen LogP contribution in [0.2, 0.25) is 0 Å². The number of anilines is 2. The van der Waals surface area contributed by atoms with Crippen molar-refractivity contribution in [1.29, 1.82) is 0 Å². The zero-order valence-electron chi connectivity index (χ0n) is 14.9. The van der Waals surface area contributed by atoms with Crippen LogP contribution in [0, 0.1) is 11.7 Å². The molecule has 144 valence electrons. The average molecular weight is 445 g/mol. The SMILES string of the molecule is O=C(Nc1ccc(Br)cc1F)[C@@H]1CCCN(c2cc(-n3cccn3)ncn2)C1. The van der Waals surface area contributed by atoms with Crippen molar-refractivity contribution >= 4 is 33.3 Å². The van der Waals surface area contributed by atoms with Gasteiger partial charge < -0.3 is 10.2 Å². The van der Waals surface area contributed by atoms with Gasteiger partial charge in [-0.2, -0.15) is 5.10 Å². The van der Waals surface area contributed by atoms with E-state index in [0.717, 1.165) is 25.2 Å². The Morgan fingerprint density at radius 1 is 1.25 bits per heavy atom. The van der Waals surface area contributed by atoms with Gasteiger partial charge in [0.25, 0.3) is 0 Å². The van der Waals surface area contributed by atoms with Crippen molar-refractivity contribution in [2.45, 2.75) is 12.8 Å². The molecule has 1 aliphatic rings. The first-order valence-corrected chi connectivity index (χ1v) is 9.72. The van der Waals surface area contributed by atoms with Gasteiger partial charge in [-0.15, -0.1) is 0 Å². The summed E-state index contributed by atoms with van der Waals surface area (Å²) in [4.78, 5) is 23.3. The van der Waals surface area contributed by atoms with E-state index < -0.39 is 5.82 Å². The summed E-state index contributed by atoms with van der Waals surface area (Å²) in [5.74, 6) is 0.508. The minimum Gasteiger partial charge on any atom is -0.356 e. The molecular formula is C19H18BrFN6O. The highest BCUT2D eigenvalue weighted by molar-refractivity contribution is 9.10. The number of nitrogens with zero attached hydrogens (tertiary/aromatic N) is 5. The van der Waals surface area contributed by atoms with E-state index in [2.05, 4.69) is 41.2 Å². The van der Waals surface area contributed by atoms with E-state index in [9.17, 15) is 9.18 Å². The van der Waals surface area contributed by atoms with Gasteiger partial charge in [-0.25, -0.2) is 19.0 Å². The summed E-state index contributed by atoms with van der Waals surface area (Å²) in [6.07, 6.45) is 6.59. The molecule has 1 atom stereocenters. The standard InChI is InChI=1S/C19H18BrFN6O/c20-14-4-5-16(15(21)9-14)25-19(28)13-3-1-7-26(11-13)17-10-18(23-12-22-17)27-8-2-6-24-27/h2,4-6,8-10,12-13H,1,3,7,11H2,(H,25,28)/t13-/m1/s1. The summed E-state index contributed by atoms with van der Waals surface area (Å²) in [6.45, 7) is 1.31. The van der Waals surface area contributed by atoms with Crippen LogP contribution in [-0.4, -0.2) is 38.7 Å². The molecule has 0 spiro atoms. The first-order valence-electron chi connectivity index (χ1n) is 8.93. The number of carbonyl (C=O) groups excluding carboxylic acids is 1. The molecule has 2 aromatic heterocycles. The van der Waals surface area contributed by atoms with E-state index in [0.29, 0.717) is 16.8 Å². The second kappa shape index (κ2) is 8.05. The Morgan fingerprint density at radius 2 is 2.11 bits per heavy atom. The largest absolute Gasteiger partial charge is 0.356 e. The van der Waals surface area contributed by atoms with Crippen LogP contribution >= 0.6 is 15.9 Å². The van der Waals surface area contributed by atoms with Gasteiger partial charge in [-0.05, 0) is 37.1 Å². The number of nitrogens with one attached hydrogen (secondary N) is 1. The summed E-state index contributed by atoms with van der Waals surface area (Å²) in [6, 6.07) is 8.26. The second-order valence-electron chi connectivity index (χ2n) is 6.58. The Kier molecular flexibility index (Phi) is 5.34. The molecule has 0 unspecified atom stereocenters. The maximum absolute atomic E-state index is 14.0. The van der Waals surface area contributed by atoms with Gasteiger partial charge in [0.05, 0.1) is 11.6 Å². The van der Waals surface area contributed by atoms with Gasteiger partial charge in [-0.1, -0.05) is 15.9 Å². The highest BCUT2D eigenvalue weighted by atomic mass is 79.9. The van der Waals surface area contributed by atoms with E-state index >= 15 is 0 Å². The van der Waals surface area contributed by atoms with Crippen LogP contribution in [0.25, 0.3) is 5.82 Å². The van der Waals surface area contributed by atoms with Crippen LogP contribution < -0.4 is 10.2 Å². The lowest BCUT2D eigenvalue weighted by atomic mass is 9.97. The van der Waals surface area contributed by atoms with Crippen molar-refractivity contribution in [3.05, 3.63) is 59.3 Å². The number of hydrogen-bond donors (Lipinski definition) is 1. The molecule has 0 aliphatic carbocycles. The fourth-order valence-electron chi connectivity index (χ4n) is 3.26. The molecule has 7 nitrogen and oxygen atoms in total. The number of piperidine rings is 1. The summed E-state index contributed by atoms with van der Waals surface area (Å²) in [5.41, 5.74) is 0.188. The number of halogens is 2. The predicted molar refractivity (Wildman–Crippen MR) is 107 cm³/mol. The van der Waals surface area contributed by atoms with Gasteiger partial charge in [0, 0.05) is 36.0 Å². The molecule has 1 fully saturated rings. The molecule has 3 heterocycles. The van der Waals surface area contributed by atoms with Gasteiger partial charge >= 0.3 is 0 Å². The fourth-order valence-corrected chi connectivity index (χ4v) is 3.60. The lowest BCUT2D eigenvalue weighted by molar-refractivity contribution is -0.120. The number of amides is 1.